The van der Waals surface area contributed by atoms with Gasteiger partial charge in [-0.15, -0.1) is 0 Å². The lowest BCUT2D eigenvalue weighted by molar-refractivity contribution is -0.384. The first kappa shape index (κ1) is 24.6. The van der Waals surface area contributed by atoms with Crippen LogP contribution in [0, 0.1) is 10.1 Å². The fourth-order valence-corrected chi connectivity index (χ4v) is 3.76. The fourth-order valence-electron chi connectivity index (χ4n) is 3.76. The maximum Gasteiger partial charge on any atom is 0.269 e. The molecule has 0 bridgehead atoms. The number of methoxy groups -OCH3 is 2. The van der Waals surface area contributed by atoms with E-state index in [1.165, 1.54) is 25.0 Å². The monoisotopic (exact) mass is 492 g/mol. The molecule has 0 spiro atoms. The van der Waals surface area contributed by atoms with E-state index in [9.17, 15) is 10.1 Å². The van der Waals surface area contributed by atoms with Crippen molar-refractivity contribution >= 4 is 35.4 Å². The number of rotatable bonds is 9. The van der Waals surface area contributed by atoms with Gasteiger partial charge in [0.2, 0.25) is 17.8 Å². The van der Waals surface area contributed by atoms with Crippen molar-refractivity contribution in [2.45, 2.75) is 25.7 Å². The molecule has 0 radical (unpaired) electrons. The van der Waals surface area contributed by atoms with Crippen molar-refractivity contribution in [3.63, 3.8) is 0 Å². The van der Waals surface area contributed by atoms with Gasteiger partial charge in [0.15, 0.2) is 0 Å². The Morgan fingerprint density at radius 1 is 0.972 bits per heavy atom. The van der Waals surface area contributed by atoms with E-state index >= 15 is 0 Å². The Bertz CT molecular complexity index is 1210. The summed E-state index contributed by atoms with van der Waals surface area (Å²) in [5, 5.41) is 18.3. The average molecular weight is 493 g/mol. The van der Waals surface area contributed by atoms with Crippen LogP contribution in [-0.2, 0) is 0 Å². The average Bonchev–Trinajstić information content (AvgIpc) is 3.19. The lowest BCUT2D eigenvalue weighted by atomic mass is 10.2. The number of ether oxygens (including phenoxy) is 2. The Kier molecular flexibility index (Phi) is 8.06. The second kappa shape index (κ2) is 11.8. The molecule has 0 atom stereocenters. The van der Waals surface area contributed by atoms with Crippen LogP contribution in [0.1, 0.15) is 31.2 Å². The maximum absolute atomic E-state index is 10.9. The third-order valence-electron chi connectivity index (χ3n) is 5.66. The highest BCUT2D eigenvalue weighted by molar-refractivity contribution is 5.84. The molecule has 4 rings (SSSR count). The van der Waals surface area contributed by atoms with Gasteiger partial charge in [-0.3, -0.25) is 10.1 Å². The third-order valence-corrected chi connectivity index (χ3v) is 5.66. The van der Waals surface area contributed by atoms with E-state index in [-0.39, 0.29) is 11.6 Å². The SMILES string of the molecule is COc1ccc(/C=N\Nc2nc(Nc3ccc([N+](=O)[O-])cc3)nc(N3CCCCCC3)n2)c(OC)c1. The van der Waals surface area contributed by atoms with Gasteiger partial charge < -0.3 is 19.7 Å². The molecule has 2 N–H and O–H groups in total. The third kappa shape index (κ3) is 6.34. The Labute approximate surface area is 208 Å². The topological polar surface area (TPSA) is 140 Å². The molecule has 0 aliphatic carbocycles. The molecule has 0 unspecified atom stereocenters. The van der Waals surface area contributed by atoms with E-state index in [1.54, 1.807) is 38.6 Å². The largest absolute Gasteiger partial charge is 0.497 e. The van der Waals surface area contributed by atoms with Gasteiger partial charge in [-0.2, -0.15) is 20.1 Å². The molecule has 1 aromatic heterocycles. The molecular formula is C24H28N8O4. The molecule has 12 heteroatoms. The van der Waals surface area contributed by atoms with E-state index in [0.717, 1.165) is 31.5 Å². The molecule has 36 heavy (non-hydrogen) atoms. The number of hydrogen-bond acceptors (Lipinski definition) is 11. The Hall–Kier alpha value is -4.48. The number of nitro benzene ring substituents is 1. The zero-order chi connectivity index (χ0) is 25.3. The highest BCUT2D eigenvalue weighted by atomic mass is 16.6. The molecule has 3 aromatic rings. The molecule has 1 saturated heterocycles. The Morgan fingerprint density at radius 2 is 1.69 bits per heavy atom. The number of nitrogens with one attached hydrogen (secondary N) is 2. The van der Waals surface area contributed by atoms with Crippen molar-refractivity contribution in [1.29, 1.82) is 0 Å². The van der Waals surface area contributed by atoms with Crippen LogP contribution in [0.5, 0.6) is 11.5 Å². The summed E-state index contributed by atoms with van der Waals surface area (Å²) in [5.41, 5.74) is 4.25. The molecule has 2 heterocycles. The van der Waals surface area contributed by atoms with Crippen LogP contribution in [-0.4, -0.2) is 53.4 Å². The number of hydrazone groups is 1. The first-order chi connectivity index (χ1) is 17.6. The quantitative estimate of drug-likeness (QED) is 0.251. The van der Waals surface area contributed by atoms with Crippen LogP contribution in [0.3, 0.4) is 0 Å². The van der Waals surface area contributed by atoms with E-state index in [1.807, 2.05) is 12.1 Å². The van der Waals surface area contributed by atoms with Gasteiger partial charge in [0, 0.05) is 42.5 Å². The number of hydrogen-bond donors (Lipinski definition) is 2. The number of nitrogens with zero attached hydrogens (tertiary/aromatic N) is 6. The van der Waals surface area contributed by atoms with Gasteiger partial charge in [0.05, 0.1) is 25.4 Å². The van der Waals surface area contributed by atoms with Gasteiger partial charge in [0.25, 0.3) is 5.69 Å². The molecule has 2 aromatic carbocycles. The molecule has 0 saturated carbocycles. The van der Waals surface area contributed by atoms with Crippen molar-refractivity contribution in [3.05, 3.63) is 58.1 Å². The highest BCUT2D eigenvalue weighted by Gasteiger charge is 2.16. The Balaban J connectivity index is 1.58. The van der Waals surface area contributed by atoms with Crippen LogP contribution in [0.2, 0.25) is 0 Å². The summed E-state index contributed by atoms with van der Waals surface area (Å²) in [5.74, 6) is 2.39. The normalized spacial score (nSPS) is 13.8. The zero-order valence-corrected chi connectivity index (χ0v) is 20.2. The molecule has 0 amide bonds. The van der Waals surface area contributed by atoms with Gasteiger partial charge >= 0.3 is 0 Å². The van der Waals surface area contributed by atoms with Crippen molar-refractivity contribution in [2.24, 2.45) is 5.10 Å². The highest BCUT2D eigenvalue weighted by Crippen LogP contribution is 2.24. The van der Waals surface area contributed by atoms with Gasteiger partial charge in [0.1, 0.15) is 11.5 Å². The standard InChI is InChI=1S/C24H28N8O4/c1-35-20-12-7-17(21(15-20)36-2)16-25-30-23-27-22(26-18-8-10-19(11-9-18)32(33)34)28-24(29-23)31-13-5-3-4-6-14-31/h7-12,15-16H,3-6,13-14H2,1-2H3,(H2,26,27,28,29,30)/b25-16-. The van der Waals surface area contributed by atoms with Crippen molar-refractivity contribution in [3.8, 4) is 11.5 Å². The second-order valence-corrected chi connectivity index (χ2v) is 8.09. The minimum atomic E-state index is -0.442. The lowest BCUT2D eigenvalue weighted by Gasteiger charge is -2.21. The molecule has 1 fully saturated rings. The first-order valence-corrected chi connectivity index (χ1v) is 11.6. The van der Waals surface area contributed by atoms with Crippen molar-refractivity contribution in [1.82, 2.24) is 15.0 Å². The van der Waals surface area contributed by atoms with Gasteiger partial charge in [-0.1, -0.05) is 12.8 Å². The molecule has 188 valence electrons. The number of nitro groups is 1. The predicted molar refractivity (Wildman–Crippen MR) is 138 cm³/mol. The van der Waals surface area contributed by atoms with E-state index in [4.69, 9.17) is 9.47 Å². The summed E-state index contributed by atoms with van der Waals surface area (Å²) < 4.78 is 10.6. The molecule has 12 nitrogen and oxygen atoms in total. The first-order valence-electron chi connectivity index (χ1n) is 11.6. The summed E-state index contributed by atoms with van der Waals surface area (Å²) in [6.07, 6.45) is 6.09. The number of benzene rings is 2. The minimum Gasteiger partial charge on any atom is -0.497 e. The summed E-state index contributed by atoms with van der Waals surface area (Å²) in [6, 6.07) is 11.5. The van der Waals surface area contributed by atoms with Crippen LogP contribution in [0.25, 0.3) is 0 Å². The summed E-state index contributed by atoms with van der Waals surface area (Å²) in [4.78, 5) is 26.3. The van der Waals surface area contributed by atoms with Crippen molar-refractivity contribution < 1.29 is 14.4 Å². The second-order valence-electron chi connectivity index (χ2n) is 8.09. The predicted octanol–water partition coefficient (Wildman–Crippen LogP) is 4.37. The zero-order valence-electron chi connectivity index (χ0n) is 20.2. The fraction of sp³-hybridized carbons (Fsp3) is 0.333. The van der Waals surface area contributed by atoms with Crippen LogP contribution in [0.4, 0.5) is 29.2 Å². The van der Waals surface area contributed by atoms with Gasteiger partial charge in [-0.25, -0.2) is 5.43 Å². The minimum absolute atomic E-state index is 0.00658. The summed E-state index contributed by atoms with van der Waals surface area (Å²) >= 11 is 0. The van der Waals surface area contributed by atoms with Crippen LogP contribution >= 0.6 is 0 Å². The van der Waals surface area contributed by atoms with E-state index in [2.05, 4.69) is 35.7 Å². The molecule has 1 aliphatic heterocycles. The maximum atomic E-state index is 10.9. The van der Waals surface area contributed by atoms with Gasteiger partial charge in [-0.05, 0) is 37.1 Å². The number of anilines is 4. The molecule has 1 aliphatic rings. The summed E-state index contributed by atoms with van der Waals surface area (Å²) in [6.45, 7) is 1.71. The number of aromatic nitrogens is 3. The lowest BCUT2D eigenvalue weighted by Crippen LogP contribution is -2.26. The van der Waals surface area contributed by atoms with E-state index < -0.39 is 4.92 Å². The van der Waals surface area contributed by atoms with E-state index in [0.29, 0.717) is 29.1 Å². The van der Waals surface area contributed by atoms with Crippen LogP contribution in [0.15, 0.2) is 47.6 Å². The van der Waals surface area contributed by atoms with Crippen LogP contribution < -0.4 is 25.1 Å². The number of non-ortho nitro benzene ring substituents is 1. The summed E-state index contributed by atoms with van der Waals surface area (Å²) in [7, 11) is 3.17. The van der Waals surface area contributed by atoms with Crippen molar-refractivity contribution in [2.75, 3.05) is 43.0 Å². The Morgan fingerprint density at radius 3 is 2.36 bits per heavy atom. The molecular weight excluding hydrogens is 464 g/mol. The smallest absolute Gasteiger partial charge is 0.269 e.